The van der Waals surface area contributed by atoms with Gasteiger partial charge in [-0.05, 0) is 48.9 Å². The number of sulfonamides is 1. The van der Waals surface area contributed by atoms with Crippen LogP contribution in [0.15, 0.2) is 45.4 Å². The Balaban J connectivity index is 1.49. The molecule has 0 bridgehead atoms. The molecule has 0 aliphatic carbocycles. The maximum absolute atomic E-state index is 12.6. The molecule has 7 nitrogen and oxygen atoms in total. The molecule has 0 atom stereocenters. The Morgan fingerprint density at radius 1 is 1.13 bits per heavy atom. The van der Waals surface area contributed by atoms with E-state index in [0.29, 0.717) is 16.8 Å². The molecule has 10 heteroatoms. The summed E-state index contributed by atoms with van der Waals surface area (Å²) in [5, 5.41) is 1.89. The highest BCUT2D eigenvalue weighted by atomic mass is 32.2. The number of amides is 1. The molecule has 1 saturated heterocycles. The topological polar surface area (TPSA) is 88.5 Å². The zero-order chi connectivity index (χ0) is 21.1. The number of likely N-dealkylation sites (tertiary alicyclic amines) is 1. The summed E-state index contributed by atoms with van der Waals surface area (Å²) < 4.78 is 30.0. The Morgan fingerprint density at radius 2 is 1.93 bits per heavy atom. The number of aryl methyl sites for hydroxylation is 1. The van der Waals surface area contributed by atoms with Gasteiger partial charge in [0.1, 0.15) is 0 Å². The van der Waals surface area contributed by atoms with E-state index in [1.54, 1.807) is 10.6 Å². The van der Waals surface area contributed by atoms with Crippen molar-refractivity contribution in [2.75, 3.05) is 13.1 Å². The van der Waals surface area contributed by atoms with Crippen LogP contribution in [0.5, 0.6) is 0 Å². The van der Waals surface area contributed by atoms with Crippen LogP contribution in [0.2, 0.25) is 0 Å². The Hall–Kier alpha value is -2.01. The quantitative estimate of drug-likeness (QED) is 0.581. The summed E-state index contributed by atoms with van der Waals surface area (Å²) in [6.45, 7) is 2.11. The van der Waals surface area contributed by atoms with Crippen LogP contribution in [-0.4, -0.2) is 36.9 Å². The van der Waals surface area contributed by atoms with E-state index in [9.17, 15) is 18.0 Å². The van der Waals surface area contributed by atoms with E-state index in [-0.39, 0.29) is 28.6 Å². The number of aromatic nitrogens is 1. The molecule has 1 aliphatic heterocycles. The maximum Gasteiger partial charge on any atom is 0.308 e. The molecule has 0 spiro atoms. The fourth-order valence-electron chi connectivity index (χ4n) is 3.60. The predicted octanol–water partition coefficient (Wildman–Crippen LogP) is 3.01. The molecular formula is C20H23N3O4S3. The molecule has 30 heavy (non-hydrogen) atoms. The number of hydrogen-bond donors (Lipinski definition) is 1. The number of thiazole rings is 1. The summed E-state index contributed by atoms with van der Waals surface area (Å²) in [5.74, 6) is 0.0675. The highest BCUT2D eigenvalue weighted by Crippen LogP contribution is 2.23. The van der Waals surface area contributed by atoms with Crippen molar-refractivity contribution in [3.05, 3.63) is 50.3 Å². The lowest BCUT2D eigenvalue weighted by Crippen LogP contribution is -2.36. The average Bonchev–Trinajstić information content (AvgIpc) is 3.38. The van der Waals surface area contributed by atoms with Gasteiger partial charge in [-0.3, -0.25) is 14.2 Å². The lowest BCUT2D eigenvalue weighted by atomic mass is 10.1. The molecule has 1 N–H and O–H groups in total. The average molecular weight is 466 g/mol. The van der Waals surface area contributed by atoms with E-state index >= 15 is 0 Å². The number of carbonyl (C=O) groups excluding carboxylic acids is 1. The first-order valence-electron chi connectivity index (χ1n) is 9.87. The van der Waals surface area contributed by atoms with Gasteiger partial charge in [0.05, 0.1) is 15.1 Å². The van der Waals surface area contributed by atoms with Crippen LogP contribution in [0.1, 0.15) is 30.6 Å². The molecule has 1 aliphatic rings. The molecule has 0 saturated carbocycles. The first-order chi connectivity index (χ1) is 14.4. The molecule has 1 aromatic carbocycles. The van der Waals surface area contributed by atoms with Crippen molar-refractivity contribution in [2.24, 2.45) is 0 Å². The summed E-state index contributed by atoms with van der Waals surface area (Å²) in [4.78, 5) is 27.6. The number of thiophene rings is 1. The molecule has 1 fully saturated rings. The molecule has 0 radical (unpaired) electrons. The van der Waals surface area contributed by atoms with E-state index in [1.165, 1.54) is 23.5 Å². The van der Waals surface area contributed by atoms with Gasteiger partial charge in [0, 0.05) is 37.5 Å². The van der Waals surface area contributed by atoms with Crippen molar-refractivity contribution in [1.29, 1.82) is 0 Å². The molecule has 0 unspecified atom stereocenters. The fraction of sp³-hybridized carbons (Fsp3) is 0.400. The Labute approximate surface area is 183 Å². The number of piperidine rings is 1. The summed E-state index contributed by atoms with van der Waals surface area (Å²) in [6, 6.07) is 8.43. The van der Waals surface area contributed by atoms with Crippen LogP contribution in [0.25, 0.3) is 10.2 Å². The first kappa shape index (κ1) is 21.2. The SMILES string of the molecule is O=C(CCn1c(=O)sc2cc(S(=O)(=O)NCc3cccs3)ccc21)N1CCCCC1. The molecule has 4 rings (SSSR count). The number of carbonyl (C=O) groups is 1. The summed E-state index contributed by atoms with van der Waals surface area (Å²) >= 11 is 2.49. The highest BCUT2D eigenvalue weighted by Gasteiger charge is 2.19. The molecule has 2 aromatic heterocycles. The molecule has 3 aromatic rings. The number of rotatable bonds is 7. The zero-order valence-electron chi connectivity index (χ0n) is 16.4. The smallest absolute Gasteiger partial charge is 0.308 e. The maximum atomic E-state index is 12.6. The van der Waals surface area contributed by atoms with Crippen LogP contribution in [-0.2, 0) is 27.9 Å². The normalized spacial score (nSPS) is 15.0. The number of hydrogen-bond acceptors (Lipinski definition) is 6. The second kappa shape index (κ2) is 9.01. The molecular weight excluding hydrogens is 442 g/mol. The minimum Gasteiger partial charge on any atom is -0.343 e. The van der Waals surface area contributed by atoms with Crippen LogP contribution >= 0.6 is 22.7 Å². The molecule has 1 amide bonds. The van der Waals surface area contributed by atoms with E-state index < -0.39 is 10.0 Å². The highest BCUT2D eigenvalue weighted by molar-refractivity contribution is 7.89. The lowest BCUT2D eigenvalue weighted by molar-refractivity contribution is -0.132. The van der Waals surface area contributed by atoms with Gasteiger partial charge in [0.25, 0.3) is 0 Å². The third-order valence-electron chi connectivity index (χ3n) is 5.22. The van der Waals surface area contributed by atoms with Crippen molar-refractivity contribution >= 4 is 48.8 Å². The van der Waals surface area contributed by atoms with Crippen LogP contribution in [0.3, 0.4) is 0 Å². The largest absolute Gasteiger partial charge is 0.343 e. The standard InChI is InChI=1S/C20H23N3O4S3/c24-19(22-9-2-1-3-10-22)8-11-23-17-7-6-16(13-18(17)29-20(23)25)30(26,27)21-14-15-5-4-12-28-15/h4-7,12-13,21H,1-3,8-11,14H2. The number of nitrogens with zero attached hydrogens (tertiary/aromatic N) is 2. The summed E-state index contributed by atoms with van der Waals surface area (Å²) in [5.41, 5.74) is 0.661. The van der Waals surface area contributed by atoms with Gasteiger partial charge in [-0.15, -0.1) is 11.3 Å². The minimum atomic E-state index is -3.68. The minimum absolute atomic E-state index is 0.0675. The van der Waals surface area contributed by atoms with Gasteiger partial charge in [-0.1, -0.05) is 17.4 Å². The molecule has 160 valence electrons. The fourth-order valence-corrected chi connectivity index (χ4v) is 6.40. The zero-order valence-corrected chi connectivity index (χ0v) is 18.8. The predicted molar refractivity (Wildman–Crippen MR) is 119 cm³/mol. The monoisotopic (exact) mass is 465 g/mol. The third-order valence-corrected chi connectivity index (χ3v) is 8.44. The van der Waals surface area contributed by atoms with Gasteiger partial charge in [0.2, 0.25) is 15.9 Å². The van der Waals surface area contributed by atoms with Crippen molar-refractivity contribution in [3.63, 3.8) is 0 Å². The van der Waals surface area contributed by atoms with Gasteiger partial charge in [0.15, 0.2) is 0 Å². The van der Waals surface area contributed by atoms with Gasteiger partial charge >= 0.3 is 4.87 Å². The van der Waals surface area contributed by atoms with E-state index in [2.05, 4.69) is 4.72 Å². The van der Waals surface area contributed by atoms with Gasteiger partial charge < -0.3 is 4.90 Å². The Kier molecular flexibility index (Phi) is 6.37. The second-order valence-corrected chi connectivity index (χ2v) is 11.0. The van der Waals surface area contributed by atoms with Gasteiger partial charge in [-0.2, -0.15) is 0 Å². The van der Waals surface area contributed by atoms with Crippen molar-refractivity contribution in [1.82, 2.24) is 14.2 Å². The molecule has 3 heterocycles. The van der Waals surface area contributed by atoms with Crippen molar-refractivity contribution < 1.29 is 13.2 Å². The third kappa shape index (κ3) is 4.66. The number of nitrogens with one attached hydrogen (secondary N) is 1. The lowest BCUT2D eigenvalue weighted by Gasteiger charge is -2.26. The second-order valence-electron chi connectivity index (χ2n) is 7.24. The van der Waals surface area contributed by atoms with Gasteiger partial charge in [-0.25, -0.2) is 13.1 Å². The van der Waals surface area contributed by atoms with Crippen LogP contribution in [0.4, 0.5) is 0 Å². The summed E-state index contributed by atoms with van der Waals surface area (Å²) in [7, 11) is -3.68. The summed E-state index contributed by atoms with van der Waals surface area (Å²) in [6.07, 6.45) is 3.50. The van der Waals surface area contributed by atoms with E-state index in [0.717, 1.165) is 48.6 Å². The van der Waals surface area contributed by atoms with Crippen LogP contribution < -0.4 is 9.60 Å². The van der Waals surface area contributed by atoms with Crippen LogP contribution in [0, 0.1) is 0 Å². The number of fused-ring (bicyclic) bond motifs is 1. The van der Waals surface area contributed by atoms with E-state index in [1.807, 2.05) is 22.4 Å². The number of benzene rings is 1. The van der Waals surface area contributed by atoms with Crippen molar-refractivity contribution in [2.45, 2.75) is 43.7 Å². The van der Waals surface area contributed by atoms with Crippen molar-refractivity contribution in [3.8, 4) is 0 Å². The first-order valence-corrected chi connectivity index (χ1v) is 13.1. The Bertz CT molecular complexity index is 1190. The Morgan fingerprint density at radius 3 is 2.67 bits per heavy atom. The van der Waals surface area contributed by atoms with E-state index in [4.69, 9.17) is 0 Å².